The third kappa shape index (κ3) is 2.31. The van der Waals surface area contributed by atoms with E-state index in [9.17, 15) is 4.79 Å². The van der Waals surface area contributed by atoms with Crippen LogP contribution >= 0.6 is 0 Å². The Morgan fingerprint density at radius 1 is 1.56 bits per heavy atom. The second-order valence-corrected chi connectivity index (χ2v) is 2.41. The normalized spacial score (nSPS) is 13.3. The lowest BCUT2D eigenvalue weighted by Gasteiger charge is -2.04. The van der Waals surface area contributed by atoms with Crippen LogP contribution in [0.15, 0.2) is 11.3 Å². The average Bonchev–Trinajstić information content (AvgIpc) is 1.64. The van der Waals surface area contributed by atoms with E-state index < -0.39 is 0 Å². The van der Waals surface area contributed by atoms with E-state index in [0.29, 0.717) is 11.3 Å². The van der Waals surface area contributed by atoms with Gasteiger partial charge in [-0.25, -0.2) is 0 Å². The van der Waals surface area contributed by atoms with E-state index in [4.69, 9.17) is 5.73 Å². The third-order valence-electron chi connectivity index (χ3n) is 1.20. The zero-order valence-corrected chi connectivity index (χ0v) is 6.14. The Bertz CT molecular complexity index is 132. The first-order chi connectivity index (χ1) is 4.09. The molecule has 52 valence electrons. The van der Waals surface area contributed by atoms with Crippen LogP contribution in [0, 0.1) is 5.92 Å². The van der Waals surface area contributed by atoms with Gasteiger partial charge >= 0.3 is 0 Å². The first kappa shape index (κ1) is 8.21. The van der Waals surface area contributed by atoms with Crippen LogP contribution in [0.25, 0.3) is 0 Å². The fraction of sp³-hybridized carbons (Fsp3) is 0.571. The van der Waals surface area contributed by atoms with Crippen molar-refractivity contribution in [2.24, 2.45) is 11.7 Å². The second-order valence-electron chi connectivity index (χ2n) is 2.41. The molecule has 0 atom stereocenters. The highest BCUT2D eigenvalue weighted by molar-refractivity contribution is 5.74. The Balaban J connectivity index is 4.34. The Labute approximate surface area is 55.7 Å². The van der Waals surface area contributed by atoms with Gasteiger partial charge in [-0.3, -0.25) is 4.79 Å². The monoisotopic (exact) mass is 127 g/mol. The molecule has 0 aromatic rings. The molecule has 2 heteroatoms. The summed E-state index contributed by atoms with van der Waals surface area (Å²) in [6.45, 7) is 5.63. The van der Waals surface area contributed by atoms with Gasteiger partial charge in [0.25, 0.3) is 0 Å². The fourth-order valence-corrected chi connectivity index (χ4v) is 0.684. The summed E-state index contributed by atoms with van der Waals surface area (Å²) < 4.78 is 0. The summed E-state index contributed by atoms with van der Waals surface area (Å²) in [4.78, 5) is 10.3. The number of nitrogens with two attached hydrogens (primary N) is 1. The minimum atomic E-state index is 0.243. The number of carbonyl (C=O) groups excluding carboxylic acids is 1. The first-order valence-electron chi connectivity index (χ1n) is 3.01. The summed E-state index contributed by atoms with van der Waals surface area (Å²) in [5.74, 6) is 0.243. The number of hydrogen-bond donors (Lipinski definition) is 1. The van der Waals surface area contributed by atoms with E-state index in [1.165, 1.54) is 0 Å². The van der Waals surface area contributed by atoms with Crippen molar-refractivity contribution >= 4 is 6.29 Å². The number of rotatable bonds is 2. The standard InChI is InChI=1S/C7H13NO/c1-5(2)7(4-9)6(3)8/h4-5H,8H2,1-3H3/b7-6+. The third-order valence-corrected chi connectivity index (χ3v) is 1.20. The molecule has 0 aromatic carbocycles. The highest BCUT2D eigenvalue weighted by Crippen LogP contribution is 2.07. The second kappa shape index (κ2) is 3.28. The van der Waals surface area contributed by atoms with Gasteiger partial charge in [-0.15, -0.1) is 0 Å². The van der Waals surface area contributed by atoms with Gasteiger partial charge in [0.15, 0.2) is 0 Å². The van der Waals surface area contributed by atoms with E-state index >= 15 is 0 Å². The molecule has 9 heavy (non-hydrogen) atoms. The van der Waals surface area contributed by atoms with Crippen LogP contribution in [-0.2, 0) is 4.79 Å². The van der Waals surface area contributed by atoms with Crippen molar-refractivity contribution in [3.8, 4) is 0 Å². The molecule has 0 spiro atoms. The Morgan fingerprint density at radius 2 is 2.00 bits per heavy atom. The van der Waals surface area contributed by atoms with E-state index in [1.54, 1.807) is 6.92 Å². The molecular formula is C7H13NO. The van der Waals surface area contributed by atoms with Crippen LogP contribution in [0.4, 0.5) is 0 Å². The molecule has 0 saturated carbocycles. The summed E-state index contributed by atoms with van der Waals surface area (Å²) in [6, 6.07) is 0. The fourth-order valence-electron chi connectivity index (χ4n) is 0.684. The number of aldehydes is 1. The highest BCUT2D eigenvalue weighted by Gasteiger charge is 2.02. The van der Waals surface area contributed by atoms with Crippen molar-refractivity contribution < 1.29 is 4.79 Å². The summed E-state index contributed by atoms with van der Waals surface area (Å²) >= 11 is 0. The van der Waals surface area contributed by atoms with Crippen molar-refractivity contribution in [1.29, 1.82) is 0 Å². The molecular weight excluding hydrogens is 114 g/mol. The van der Waals surface area contributed by atoms with Gasteiger partial charge in [0.1, 0.15) is 6.29 Å². The van der Waals surface area contributed by atoms with Crippen LogP contribution in [0.3, 0.4) is 0 Å². The van der Waals surface area contributed by atoms with Crippen molar-refractivity contribution in [3.63, 3.8) is 0 Å². The molecule has 0 bridgehead atoms. The van der Waals surface area contributed by atoms with Crippen LogP contribution in [0.2, 0.25) is 0 Å². The Morgan fingerprint density at radius 3 is 2.00 bits per heavy atom. The van der Waals surface area contributed by atoms with Crippen LogP contribution in [0.5, 0.6) is 0 Å². The van der Waals surface area contributed by atoms with E-state index in [2.05, 4.69) is 0 Å². The largest absolute Gasteiger partial charge is 0.402 e. The van der Waals surface area contributed by atoms with E-state index in [1.807, 2.05) is 13.8 Å². The molecule has 0 aliphatic carbocycles. The molecule has 2 nitrogen and oxygen atoms in total. The van der Waals surface area contributed by atoms with Crippen LogP contribution in [0.1, 0.15) is 20.8 Å². The van der Waals surface area contributed by atoms with Gasteiger partial charge in [0, 0.05) is 11.3 Å². The molecule has 0 unspecified atom stereocenters. The van der Waals surface area contributed by atoms with Crippen LogP contribution in [-0.4, -0.2) is 6.29 Å². The van der Waals surface area contributed by atoms with Crippen molar-refractivity contribution in [2.75, 3.05) is 0 Å². The molecule has 0 heterocycles. The van der Waals surface area contributed by atoms with Gasteiger partial charge in [0.2, 0.25) is 0 Å². The lowest BCUT2D eigenvalue weighted by Crippen LogP contribution is -2.04. The van der Waals surface area contributed by atoms with Gasteiger partial charge in [-0.05, 0) is 12.8 Å². The minimum absolute atomic E-state index is 0.243. The van der Waals surface area contributed by atoms with Crippen molar-refractivity contribution in [2.45, 2.75) is 20.8 Å². The molecule has 0 aliphatic rings. The molecule has 0 rings (SSSR count). The lowest BCUT2D eigenvalue weighted by atomic mass is 10.0. The SMILES string of the molecule is C/C(N)=C(/C=O)C(C)C. The maximum Gasteiger partial charge on any atom is 0.147 e. The average molecular weight is 127 g/mol. The number of carbonyl (C=O) groups is 1. The van der Waals surface area contributed by atoms with Crippen molar-refractivity contribution in [3.05, 3.63) is 11.3 Å². The molecule has 0 saturated heterocycles. The van der Waals surface area contributed by atoms with Gasteiger partial charge < -0.3 is 5.73 Å². The van der Waals surface area contributed by atoms with Gasteiger partial charge in [-0.1, -0.05) is 13.8 Å². The topological polar surface area (TPSA) is 43.1 Å². The predicted octanol–water partition coefficient (Wildman–Crippen LogP) is 1.07. The molecule has 0 aromatic heterocycles. The van der Waals surface area contributed by atoms with Crippen LogP contribution < -0.4 is 5.73 Å². The van der Waals surface area contributed by atoms with E-state index in [0.717, 1.165) is 6.29 Å². The highest BCUT2D eigenvalue weighted by atomic mass is 16.1. The smallest absolute Gasteiger partial charge is 0.147 e. The quantitative estimate of drug-likeness (QED) is 0.445. The number of hydrogen-bond acceptors (Lipinski definition) is 2. The first-order valence-corrected chi connectivity index (χ1v) is 3.01. The zero-order valence-electron chi connectivity index (χ0n) is 6.14. The molecule has 0 radical (unpaired) electrons. The van der Waals surface area contributed by atoms with E-state index in [-0.39, 0.29) is 5.92 Å². The Kier molecular flexibility index (Phi) is 2.99. The molecule has 0 fully saturated rings. The minimum Gasteiger partial charge on any atom is -0.402 e. The molecule has 0 amide bonds. The summed E-state index contributed by atoms with van der Waals surface area (Å²) in [6.07, 6.45) is 0.819. The maximum atomic E-state index is 10.3. The van der Waals surface area contributed by atoms with Gasteiger partial charge in [0.05, 0.1) is 0 Å². The summed E-state index contributed by atoms with van der Waals surface area (Å²) in [7, 11) is 0. The maximum absolute atomic E-state index is 10.3. The molecule has 2 N–H and O–H groups in total. The lowest BCUT2D eigenvalue weighted by molar-refractivity contribution is -0.105. The number of allylic oxidation sites excluding steroid dienone is 2. The Hall–Kier alpha value is -0.790. The zero-order chi connectivity index (χ0) is 7.44. The van der Waals surface area contributed by atoms with Gasteiger partial charge in [-0.2, -0.15) is 0 Å². The molecule has 0 aliphatic heterocycles. The predicted molar refractivity (Wildman–Crippen MR) is 37.8 cm³/mol. The summed E-state index contributed by atoms with van der Waals surface area (Å²) in [5.41, 5.74) is 6.73. The summed E-state index contributed by atoms with van der Waals surface area (Å²) in [5, 5.41) is 0. The van der Waals surface area contributed by atoms with Crippen molar-refractivity contribution in [1.82, 2.24) is 0 Å².